The summed E-state index contributed by atoms with van der Waals surface area (Å²) in [7, 11) is 1.60. The van der Waals surface area contributed by atoms with Crippen LogP contribution in [0.25, 0.3) is 0 Å². The third-order valence-corrected chi connectivity index (χ3v) is 5.40. The van der Waals surface area contributed by atoms with Crippen molar-refractivity contribution in [2.24, 2.45) is 10.2 Å². The first-order valence-electron chi connectivity index (χ1n) is 8.73. The molecule has 2 amide bonds. The van der Waals surface area contributed by atoms with Crippen LogP contribution in [0.1, 0.15) is 17.5 Å². The molecular formula is C20H19ClN4O3S. The number of anilines is 1. The molecule has 1 saturated heterocycles. The van der Waals surface area contributed by atoms with Crippen molar-refractivity contribution in [3.63, 3.8) is 0 Å². The van der Waals surface area contributed by atoms with Gasteiger partial charge in [-0.3, -0.25) is 9.59 Å². The minimum atomic E-state index is -0.614. The highest BCUT2D eigenvalue weighted by Gasteiger charge is 2.30. The van der Waals surface area contributed by atoms with Gasteiger partial charge < -0.3 is 15.4 Å². The molecule has 2 aromatic rings. The number of hydrogen-bond donors (Lipinski definition) is 2. The Morgan fingerprint density at radius 2 is 2.07 bits per heavy atom. The summed E-state index contributed by atoms with van der Waals surface area (Å²) in [5, 5.41) is 13.7. The Kier molecular flexibility index (Phi) is 6.90. The standard InChI is InChI=1S/C20H19ClN4O3S/c1-12-3-6-14(21)9-16(12)23-19(27)17-10-18(26)24-20(29-17)25-22-11-13-4-7-15(28-2)8-5-13/h3-9,11,17H,10H2,1-2H3,(H,23,27)(H,24,25,26)/t17-/m0/s1. The Balaban J connectivity index is 1.66. The first-order chi connectivity index (χ1) is 13.9. The average molecular weight is 431 g/mol. The lowest BCUT2D eigenvalue weighted by molar-refractivity contribution is -0.123. The van der Waals surface area contributed by atoms with Gasteiger partial charge in [-0.25, -0.2) is 0 Å². The number of amides is 2. The van der Waals surface area contributed by atoms with Gasteiger partial charge in [-0.1, -0.05) is 29.4 Å². The lowest BCUT2D eigenvalue weighted by Crippen LogP contribution is -2.41. The average Bonchev–Trinajstić information content (AvgIpc) is 2.71. The summed E-state index contributed by atoms with van der Waals surface area (Å²) in [6.45, 7) is 1.87. The van der Waals surface area contributed by atoms with E-state index in [1.807, 2.05) is 37.3 Å². The smallest absolute Gasteiger partial charge is 0.238 e. The fourth-order valence-corrected chi connectivity index (χ4v) is 3.63. The summed E-state index contributed by atoms with van der Waals surface area (Å²) in [5.74, 6) is 0.166. The number of amidine groups is 1. The van der Waals surface area contributed by atoms with Crippen LogP contribution < -0.4 is 15.4 Å². The molecule has 0 radical (unpaired) electrons. The molecule has 7 nitrogen and oxygen atoms in total. The van der Waals surface area contributed by atoms with Crippen LogP contribution in [-0.4, -0.2) is 35.6 Å². The minimum absolute atomic E-state index is 0.0529. The topological polar surface area (TPSA) is 92.2 Å². The number of carbonyl (C=O) groups is 2. The van der Waals surface area contributed by atoms with Crippen molar-refractivity contribution in [3.05, 3.63) is 58.6 Å². The number of nitrogens with zero attached hydrogens (tertiary/aromatic N) is 2. The molecule has 1 aliphatic heterocycles. The van der Waals surface area contributed by atoms with Crippen molar-refractivity contribution in [2.45, 2.75) is 18.6 Å². The third kappa shape index (κ3) is 5.82. The molecule has 29 heavy (non-hydrogen) atoms. The summed E-state index contributed by atoms with van der Waals surface area (Å²) in [4.78, 5) is 24.6. The number of carbonyl (C=O) groups excluding carboxylic acids is 2. The minimum Gasteiger partial charge on any atom is -0.497 e. The van der Waals surface area contributed by atoms with Gasteiger partial charge in [-0.05, 0) is 54.4 Å². The van der Waals surface area contributed by atoms with E-state index in [-0.39, 0.29) is 23.4 Å². The highest BCUT2D eigenvalue weighted by atomic mass is 35.5. The van der Waals surface area contributed by atoms with E-state index in [1.54, 1.807) is 25.5 Å². The number of rotatable bonds is 5. The van der Waals surface area contributed by atoms with E-state index >= 15 is 0 Å². The van der Waals surface area contributed by atoms with Gasteiger partial charge in [-0.2, -0.15) is 5.10 Å². The van der Waals surface area contributed by atoms with Crippen molar-refractivity contribution in [1.82, 2.24) is 5.32 Å². The van der Waals surface area contributed by atoms with Crippen LogP contribution in [0.5, 0.6) is 5.75 Å². The molecule has 150 valence electrons. The van der Waals surface area contributed by atoms with Gasteiger partial charge in [0.15, 0.2) is 5.17 Å². The number of methoxy groups -OCH3 is 1. The van der Waals surface area contributed by atoms with Crippen LogP contribution in [0.4, 0.5) is 5.69 Å². The number of ether oxygens (including phenoxy) is 1. The van der Waals surface area contributed by atoms with Crippen LogP contribution in [-0.2, 0) is 9.59 Å². The molecule has 3 rings (SSSR count). The van der Waals surface area contributed by atoms with Gasteiger partial charge in [0.2, 0.25) is 11.8 Å². The molecule has 0 aliphatic carbocycles. The number of thioether (sulfide) groups is 1. The number of aryl methyl sites for hydroxylation is 1. The molecule has 9 heteroatoms. The second-order valence-corrected chi connectivity index (χ2v) is 7.86. The van der Waals surface area contributed by atoms with Crippen molar-refractivity contribution >= 4 is 52.2 Å². The molecule has 0 aromatic heterocycles. The van der Waals surface area contributed by atoms with E-state index in [4.69, 9.17) is 16.3 Å². The molecule has 2 N–H and O–H groups in total. The van der Waals surface area contributed by atoms with E-state index in [0.29, 0.717) is 10.7 Å². The summed E-state index contributed by atoms with van der Waals surface area (Å²) >= 11 is 7.15. The van der Waals surface area contributed by atoms with E-state index in [0.717, 1.165) is 28.6 Å². The number of hydrogen-bond acceptors (Lipinski definition) is 6. The van der Waals surface area contributed by atoms with Crippen molar-refractivity contribution in [1.29, 1.82) is 0 Å². The summed E-state index contributed by atoms with van der Waals surface area (Å²) in [6, 6.07) is 12.5. The molecule has 2 aromatic carbocycles. The SMILES string of the molecule is COc1ccc(C=N/N=C2\NC(=O)C[C@@H](C(=O)Nc3cc(Cl)ccc3C)S2)cc1. The molecule has 0 unspecified atom stereocenters. The molecule has 0 spiro atoms. The van der Waals surface area contributed by atoms with E-state index < -0.39 is 5.25 Å². The van der Waals surface area contributed by atoms with Crippen LogP contribution in [0.15, 0.2) is 52.7 Å². The van der Waals surface area contributed by atoms with E-state index in [2.05, 4.69) is 20.8 Å². The van der Waals surface area contributed by atoms with Crippen LogP contribution in [0, 0.1) is 6.92 Å². The first-order valence-corrected chi connectivity index (χ1v) is 9.99. The normalized spacial score (nSPS) is 18.0. The molecule has 1 aliphatic rings. The fourth-order valence-electron chi connectivity index (χ4n) is 2.52. The van der Waals surface area contributed by atoms with E-state index in [9.17, 15) is 9.59 Å². The Bertz CT molecular complexity index is 976. The van der Waals surface area contributed by atoms with Gasteiger partial charge in [0, 0.05) is 17.1 Å². The summed E-state index contributed by atoms with van der Waals surface area (Å²) < 4.78 is 5.10. The zero-order valence-electron chi connectivity index (χ0n) is 15.8. The molecular weight excluding hydrogens is 412 g/mol. The molecule has 1 fully saturated rings. The van der Waals surface area contributed by atoms with Crippen LogP contribution in [0.3, 0.4) is 0 Å². The van der Waals surface area contributed by atoms with Gasteiger partial charge in [-0.15, -0.1) is 5.10 Å². The van der Waals surface area contributed by atoms with Gasteiger partial charge in [0.25, 0.3) is 0 Å². The molecule has 1 heterocycles. The highest BCUT2D eigenvalue weighted by molar-refractivity contribution is 8.15. The number of benzene rings is 2. The predicted octanol–water partition coefficient (Wildman–Crippen LogP) is 3.61. The fraction of sp³-hybridized carbons (Fsp3) is 0.200. The van der Waals surface area contributed by atoms with Crippen LogP contribution in [0.2, 0.25) is 5.02 Å². The summed E-state index contributed by atoms with van der Waals surface area (Å²) in [6.07, 6.45) is 1.61. The quantitative estimate of drug-likeness (QED) is 0.560. The van der Waals surface area contributed by atoms with E-state index in [1.165, 1.54) is 0 Å². The van der Waals surface area contributed by atoms with Gasteiger partial charge >= 0.3 is 0 Å². The molecule has 0 bridgehead atoms. The molecule has 0 saturated carbocycles. The lowest BCUT2D eigenvalue weighted by Gasteiger charge is -2.22. The van der Waals surface area contributed by atoms with Gasteiger partial charge in [0.05, 0.1) is 13.3 Å². The van der Waals surface area contributed by atoms with Crippen LogP contribution >= 0.6 is 23.4 Å². The second-order valence-electron chi connectivity index (χ2n) is 6.23. The highest BCUT2D eigenvalue weighted by Crippen LogP contribution is 2.25. The first kappa shape index (κ1) is 20.9. The Labute approximate surface area is 177 Å². The number of nitrogens with one attached hydrogen (secondary N) is 2. The van der Waals surface area contributed by atoms with Crippen molar-refractivity contribution in [3.8, 4) is 5.75 Å². The zero-order valence-corrected chi connectivity index (χ0v) is 17.4. The maximum atomic E-state index is 12.6. The summed E-state index contributed by atoms with van der Waals surface area (Å²) in [5.41, 5.74) is 2.32. The number of halogens is 1. The monoisotopic (exact) mass is 430 g/mol. The van der Waals surface area contributed by atoms with Crippen molar-refractivity contribution < 1.29 is 14.3 Å². The maximum Gasteiger partial charge on any atom is 0.238 e. The van der Waals surface area contributed by atoms with Crippen molar-refractivity contribution in [2.75, 3.05) is 12.4 Å². The Morgan fingerprint density at radius 3 is 2.79 bits per heavy atom. The molecule has 1 atom stereocenters. The Morgan fingerprint density at radius 1 is 1.31 bits per heavy atom. The Hall–Kier alpha value is -2.84. The van der Waals surface area contributed by atoms with Gasteiger partial charge in [0.1, 0.15) is 11.0 Å². The zero-order chi connectivity index (χ0) is 20.8. The maximum absolute atomic E-state index is 12.6. The second kappa shape index (κ2) is 9.58. The lowest BCUT2D eigenvalue weighted by atomic mass is 10.2. The third-order valence-electron chi connectivity index (χ3n) is 4.09. The largest absolute Gasteiger partial charge is 0.497 e. The predicted molar refractivity (Wildman–Crippen MR) is 117 cm³/mol.